The highest BCUT2D eigenvalue weighted by molar-refractivity contribution is 7.10. The summed E-state index contributed by atoms with van der Waals surface area (Å²) < 4.78 is 6.15. The molecule has 1 heterocycles. The minimum atomic E-state index is -0.272. The van der Waals surface area contributed by atoms with E-state index in [1.807, 2.05) is 40.1 Å². The lowest BCUT2D eigenvalue weighted by Gasteiger charge is -1.92. The Balaban J connectivity index is 2.58. The van der Waals surface area contributed by atoms with Gasteiger partial charge in [-0.2, -0.15) is 4.57 Å². The second kappa shape index (κ2) is 4.04. The van der Waals surface area contributed by atoms with Gasteiger partial charge in [0.1, 0.15) is 0 Å². The molecule has 1 aromatic heterocycles. The second-order valence-electron chi connectivity index (χ2n) is 2.04. The van der Waals surface area contributed by atoms with Gasteiger partial charge in [-0.1, -0.05) is 6.07 Å². The lowest BCUT2D eigenvalue weighted by atomic mass is 10.5. The lowest BCUT2D eigenvalue weighted by molar-refractivity contribution is -0.685. The number of nitrogens with zero attached hydrogens (tertiary/aromatic N) is 1. The zero-order valence-electron chi connectivity index (χ0n) is 5.93. The van der Waals surface area contributed by atoms with E-state index in [-0.39, 0.29) is 12.5 Å². The molecule has 0 aliphatic rings. The Kier molecular flexibility index (Phi) is 2.99. The van der Waals surface area contributed by atoms with Crippen LogP contribution in [0.25, 0.3) is 0 Å². The number of carbonyl (C=O) groups is 1. The molecule has 0 spiro atoms. The number of hydrogen-bond acceptors (Lipinski definition) is 2. The van der Waals surface area contributed by atoms with Gasteiger partial charge < -0.3 is 4.52 Å². The summed E-state index contributed by atoms with van der Waals surface area (Å²) >= 11 is 0. The average Bonchev–Trinajstić information content (AvgIpc) is 2.06. The molecule has 3 nitrogen and oxygen atoms in total. The first-order valence-corrected chi connectivity index (χ1v) is 3.63. The standard InChI is InChI=1S/C7H9NO2P/c9-7(10-11)6-8-4-2-1-3-5-8/h1-5H,6,11H2/q+1. The molecule has 0 bridgehead atoms. The van der Waals surface area contributed by atoms with E-state index < -0.39 is 0 Å². The van der Waals surface area contributed by atoms with Gasteiger partial charge in [0, 0.05) is 12.1 Å². The zero-order chi connectivity index (χ0) is 8.10. The summed E-state index contributed by atoms with van der Waals surface area (Å²) in [5.41, 5.74) is 0. The van der Waals surface area contributed by atoms with Crippen molar-refractivity contribution in [2.45, 2.75) is 6.54 Å². The maximum atomic E-state index is 10.7. The summed E-state index contributed by atoms with van der Waals surface area (Å²) in [4.78, 5) is 10.7. The van der Waals surface area contributed by atoms with E-state index in [4.69, 9.17) is 0 Å². The fourth-order valence-corrected chi connectivity index (χ4v) is 0.801. The molecular weight excluding hydrogens is 161 g/mol. The van der Waals surface area contributed by atoms with Crippen molar-refractivity contribution in [2.24, 2.45) is 0 Å². The van der Waals surface area contributed by atoms with Gasteiger partial charge >= 0.3 is 5.97 Å². The second-order valence-corrected chi connectivity index (χ2v) is 2.27. The third kappa shape index (κ3) is 2.64. The predicted octanol–water partition coefficient (Wildman–Crippen LogP) is 0.307. The normalized spacial score (nSPS) is 9.18. The molecule has 58 valence electrons. The van der Waals surface area contributed by atoms with Crippen molar-refractivity contribution in [1.29, 1.82) is 0 Å². The minimum absolute atomic E-state index is 0.254. The largest absolute Gasteiger partial charge is 0.447 e. The number of rotatable bonds is 2. The Morgan fingerprint density at radius 2 is 2.00 bits per heavy atom. The fraction of sp³-hybridized carbons (Fsp3) is 0.143. The molecule has 4 heteroatoms. The quantitative estimate of drug-likeness (QED) is 0.472. The Morgan fingerprint density at radius 3 is 2.55 bits per heavy atom. The number of pyridine rings is 1. The van der Waals surface area contributed by atoms with Crippen molar-refractivity contribution in [3.63, 3.8) is 0 Å². The molecule has 1 aromatic rings. The van der Waals surface area contributed by atoms with Crippen LogP contribution in [0.1, 0.15) is 0 Å². The van der Waals surface area contributed by atoms with E-state index in [9.17, 15) is 4.79 Å². The van der Waals surface area contributed by atoms with Crippen molar-refractivity contribution >= 4 is 15.4 Å². The monoisotopic (exact) mass is 170 g/mol. The highest BCUT2D eigenvalue weighted by atomic mass is 31.0. The van der Waals surface area contributed by atoms with Crippen LogP contribution >= 0.6 is 9.47 Å². The molecule has 1 rings (SSSR count). The molecule has 0 aliphatic heterocycles. The van der Waals surface area contributed by atoms with Crippen LogP contribution in [0.15, 0.2) is 30.6 Å². The number of carbonyl (C=O) groups excluding carboxylic acids is 1. The van der Waals surface area contributed by atoms with Crippen LogP contribution in [0.4, 0.5) is 0 Å². The molecule has 0 saturated heterocycles. The molecule has 1 unspecified atom stereocenters. The van der Waals surface area contributed by atoms with Crippen molar-refractivity contribution in [3.05, 3.63) is 30.6 Å². The van der Waals surface area contributed by atoms with E-state index in [1.165, 1.54) is 0 Å². The van der Waals surface area contributed by atoms with Gasteiger partial charge in [-0.05, 0) is 0 Å². The topological polar surface area (TPSA) is 30.2 Å². The third-order valence-electron chi connectivity index (χ3n) is 1.22. The molecule has 0 aromatic carbocycles. The van der Waals surface area contributed by atoms with E-state index in [1.54, 1.807) is 4.57 Å². The summed E-state index contributed by atoms with van der Waals surface area (Å²) in [5.74, 6) is -0.272. The first-order chi connectivity index (χ1) is 5.33. The molecule has 0 saturated carbocycles. The van der Waals surface area contributed by atoms with Gasteiger partial charge in [-0.15, -0.1) is 0 Å². The summed E-state index contributed by atoms with van der Waals surface area (Å²) in [5, 5.41) is 0. The zero-order valence-corrected chi connectivity index (χ0v) is 7.09. The molecule has 0 radical (unpaired) electrons. The maximum Gasteiger partial charge on any atom is 0.374 e. The van der Waals surface area contributed by atoms with E-state index in [2.05, 4.69) is 4.52 Å². The van der Waals surface area contributed by atoms with E-state index >= 15 is 0 Å². The van der Waals surface area contributed by atoms with Gasteiger partial charge in [0.25, 0.3) is 0 Å². The van der Waals surface area contributed by atoms with Crippen LogP contribution in [0.2, 0.25) is 0 Å². The highest BCUT2D eigenvalue weighted by Crippen LogP contribution is 1.86. The number of aromatic nitrogens is 1. The molecule has 0 aliphatic carbocycles. The van der Waals surface area contributed by atoms with Crippen molar-refractivity contribution in [3.8, 4) is 0 Å². The molecular formula is C7H9NO2P+. The van der Waals surface area contributed by atoms with Gasteiger partial charge in [0.2, 0.25) is 6.54 Å². The Hall–Kier alpha value is -0.950. The van der Waals surface area contributed by atoms with Crippen LogP contribution in [-0.4, -0.2) is 5.97 Å². The van der Waals surface area contributed by atoms with Crippen molar-refractivity contribution in [1.82, 2.24) is 0 Å². The predicted molar refractivity (Wildman–Crippen MR) is 42.4 cm³/mol. The van der Waals surface area contributed by atoms with Crippen LogP contribution in [0.5, 0.6) is 0 Å². The van der Waals surface area contributed by atoms with Crippen LogP contribution in [-0.2, 0) is 15.9 Å². The Labute approximate surface area is 67.3 Å². The molecule has 0 fully saturated rings. The van der Waals surface area contributed by atoms with Crippen LogP contribution < -0.4 is 4.57 Å². The van der Waals surface area contributed by atoms with Gasteiger partial charge in [0.05, 0.1) is 9.47 Å². The summed E-state index contributed by atoms with van der Waals surface area (Å²) in [7, 11) is 1.93. The summed E-state index contributed by atoms with van der Waals surface area (Å²) in [6.07, 6.45) is 3.61. The molecule has 0 N–H and O–H groups in total. The SMILES string of the molecule is O=C(C[n+]1ccccc1)OP. The number of hydrogen-bond donors (Lipinski definition) is 0. The van der Waals surface area contributed by atoms with Gasteiger partial charge in [-0.3, -0.25) is 0 Å². The molecule has 0 amide bonds. The summed E-state index contributed by atoms with van der Waals surface area (Å²) in [6.45, 7) is 0.254. The third-order valence-corrected chi connectivity index (χ3v) is 1.48. The molecule has 1 atom stereocenters. The van der Waals surface area contributed by atoms with Gasteiger partial charge in [-0.25, -0.2) is 4.79 Å². The van der Waals surface area contributed by atoms with E-state index in [0.29, 0.717) is 0 Å². The van der Waals surface area contributed by atoms with Gasteiger partial charge in [0.15, 0.2) is 12.4 Å². The Morgan fingerprint density at radius 1 is 1.36 bits per heavy atom. The smallest absolute Gasteiger partial charge is 0.374 e. The van der Waals surface area contributed by atoms with Crippen LogP contribution in [0, 0.1) is 0 Å². The van der Waals surface area contributed by atoms with E-state index in [0.717, 1.165) is 0 Å². The van der Waals surface area contributed by atoms with Crippen molar-refractivity contribution < 1.29 is 13.9 Å². The molecule has 11 heavy (non-hydrogen) atoms. The van der Waals surface area contributed by atoms with Crippen molar-refractivity contribution in [2.75, 3.05) is 0 Å². The average molecular weight is 170 g/mol. The van der Waals surface area contributed by atoms with Crippen LogP contribution in [0.3, 0.4) is 0 Å². The first kappa shape index (κ1) is 8.15. The highest BCUT2D eigenvalue weighted by Gasteiger charge is 2.06. The fourth-order valence-electron chi connectivity index (χ4n) is 0.726. The first-order valence-electron chi connectivity index (χ1n) is 3.16. The Bertz CT molecular complexity index is 237. The lowest BCUT2D eigenvalue weighted by Crippen LogP contribution is -2.36. The minimum Gasteiger partial charge on any atom is -0.447 e. The maximum absolute atomic E-state index is 10.7. The summed E-state index contributed by atoms with van der Waals surface area (Å²) in [6, 6.07) is 5.61.